The summed E-state index contributed by atoms with van der Waals surface area (Å²) in [6, 6.07) is 15.2. The van der Waals surface area contributed by atoms with Crippen LogP contribution in [0.25, 0.3) is 15.9 Å². The molecule has 0 aliphatic carbocycles. The van der Waals surface area contributed by atoms with Crippen LogP contribution in [0.2, 0.25) is 0 Å². The zero-order valence-corrected chi connectivity index (χ0v) is 20.1. The second kappa shape index (κ2) is 9.87. The Balaban J connectivity index is 1.39. The molecule has 0 saturated carbocycles. The smallest absolute Gasteiger partial charge is 0.277 e. The standard InChI is InChI=1S/C26H25FN4O3S/c1-34-21-10-4-17(5-11-21)15-28-24(32)18-3-2-13-30(16-18)26-29-22-12-14-35-23(22)25(33)31(26)20-8-6-19(27)7-9-20/h4-12,14,18H,2-3,13,15-16H2,1H3,(H,28,32)/t18-/m1/s1. The first-order chi connectivity index (χ1) is 17.0. The van der Waals surface area contributed by atoms with Crippen molar-refractivity contribution in [3.8, 4) is 11.4 Å². The summed E-state index contributed by atoms with van der Waals surface area (Å²) >= 11 is 1.33. The molecule has 0 unspecified atom stereocenters. The Labute approximate surface area is 205 Å². The lowest BCUT2D eigenvalue weighted by molar-refractivity contribution is -0.125. The molecule has 1 aliphatic heterocycles. The molecule has 1 N–H and O–H groups in total. The number of rotatable bonds is 6. The van der Waals surface area contributed by atoms with Crippen molar-refractivity contribution < 1.29 is 13.9 Å². The van der Waals surface area contributed by atoms with Crippen molar-refractivity contribution >= 4 is 33.4 Å². The number of fused-ring (bicyclic) bond motifs is 1. The van der Waals surface area contributed by atoms with E-state index in [4.69, 9.17) is 9.72 Å². The van der Waals surface area contributed by atoms with Crippen molar-refractivity contribution in [1.82, 2.24) is 14.9 Å². The van der Waals surface area contributed by atoms with Crippen molar-refractivity contribution in [2.45, 2.75) is 19.4 Å². The van der Waals surface area contributed by atoms with Gasteiger partial charge in [0.1, 0.15) is 16.3 Å². The summed E-state index contributed by atoms with van der Waals surface area (Å²) in [5.74, 6) is 0.599. The SMILES string of the molecule is COc1ccc(CNC(=O)[C@@H]2CCCN(c3nc4ccsc4c(=O)n3-c3ccc(F)cc3)C2)cc1. The highest BCUT2D eigenvalue weighted by atomic mass is 32.1. The molecule has 2 aromatic carbocycles. The number of ether oxygens (including phenoxy) is 1. The van der Waals surface area contributed by atoms with Gasteiger partial charge in [0.15, 0.2) is 0 Å². The molecule has 3 heterocycles. The maximum absolute atomic E-state index is 13.6. The second-order valence-corrected chi connectivity index (χ2v) is 9.43. The molecule has 0 radical (unpaired) electrons. The van der Waals surface area contributed by atoms with E-state index in [9.17, 15) is 14.0 Å². The summed E-state index contributed by atoms with van der Waals surface area (Å²) in [6.07, 6.45) is 1.55. The van der Waals surface area contributed by atoms with Gasteiger partial charge in [-0.1, -0.05) is 12.1 Å². The summed E-state index contributed by atoms with van der Waals surface area (Å²) in [5, 5.41) is 4.87. The molecule has 9 heteroatoms. The zero-order chi connectivity index (χ0) is 24.4. The average molecular weight is 493 g/mol. The van der Waals surface area contributed by atoms with Gasteiger partial charge in [-0.25, -0.2) is 13.9 Å². The van der Waals surface area contributed by atoms with E-state index in [0.717, 1.165) is 24.2 Å². The van der Waals surface area contributed by atoms with Crippen LogP contribution in [0.1, 0.15) is 18.4 Å². The van der Waals surface area contributed by atoms with Crippen LogP contribution in [-0.2, 0) is 11.3 Å². The summed E-state index contributed by atoms with van der Waals surface area (Å²) in [7, 11) is 1.62. The monoisotopic (exact) mass is 492 g/mol. The molecule has 7 nitrogen and oxygen atoms in total. The van der Waals surface area contributed by atoms with Crippen LogP contribution in [0.5, 0.6) is 5.75 Å². The summed E-state index contributed by atoms with van der Waals surface area (Å²) in [5.41, 5.74) is 1.96. The number of methoxy groups -OCH3 is 1. The largest absolute Gasteiger partial charge is 0.497 e. The van der Waals surface area contributed by atoms with Crippen LogP contribution >= 0.6 is 11.3 Å². The van der Waals surface area contributed by atoms with Crippen LogP contribution in [0.3, 0.4) is 0 Å². The van der Waals surface area contributed by atoms with E-state index in [1.54, 1.807) is 19.2 Å². The maximum Gasteiger partial charge on any atom is 0.277 e. The lowest BCUT2D eigenvalue weighted by Crippen LogP contribution is -2.45. The number of piperidine rings is 1. The Kier molecular flexibility index (Phi) is 6.50. The maximum atomic E-state index is 13.6. The number of amides is 1. The number of benzene rings is 2. The molecule has 5 rings (SSSR count). The number of nitrogens with one attached hydrogen (secondary N) is 1. The average Bonchev–Trinajstić information content (AvgIpc) is 3.37. The predicted molar refractivity (Wildman–Crippen MR) is 135 cm³/mol. The van der Waals surface area contributed by atoms with Crippen LogP contribution in [0.4, 0.5) is 10.3 Å². The minimum atomic E-state index is -0.375. The molecule has 1 aliphatic rings. The quantitative estimate of drug-likeness (QED) is 0.438. The van der Waals surface area contributed by atoms with Gasteiger partial charge in [0.25, 0.3) is 5.56 Å². The molecule has 35 heavy (non-hydrogen) atoms. The number of carbonyl (C=O) groups is 1. The zero-order valence-electron chi connectivity index (χ0n) is 19.2. The number of anilines is 1. The molecule has 0 bridgehead atoms. The fourth-order valence-corrected chi connectivity index (χ4v) is 5.14. The number of carbonyl (C=O) groups excluding carboxylic acids is 1. The van der Waals surface area contributed by atoms with E-state index in [2.05, 4.69) is 5.32 Å². The molecular weight excluding hydrogens is 467 g/mol. The van der Waals surface area contributed by atoms with E-state index in [1.165, 1.54) is 28.0 Å². The van der Waals surface area contributed by atoms with Crippen LogP contribution in [-0.4, -0.2) is 35.7 Å². The molecule has 4 aromatic rings. The van der Waals surface area contributed by atoms with Crippen molar-refractivity contribution in [2.24, 2.45) is 5.92 Å². The normalized spacial score (nSPS) is 15.8. The van der Waals surface area contributed by atoms with Gasteiger partial charge in [0.05, 0.1) is 24.2 Å². The Bertz CT molecular complexity index is 1400. The first-order valence-corrected chi connectivity index (χ1v) is 12.3. The van der Waals surface area contributed by atoms with E-state index in [0.29, 0.717) is 41.5 Å². The topological polar surface area (TPSA) is 76.5 Å². The number of aromatic nitrogens is 2. The van der Waals surface area contributed by atoms with E-state index in [1.807, 2.05) is 40.6 Å². The highest BCUT2D eigenvalue weighted by Gasteiger charge is 2.29. The van der Waals surface area contributed by atoms with Gasteiger partial charge in [0.2, 0.25) is 11.9 Å². The number of halogens is 1. The van der Waals surface area contributed by atoms with Gasteiger partial charge in [-0.3, -0.25) is 9.59 Å². The second-order valence-electron chi connectivity index (χ2n) is 8.51. The highest BCUT2D eigenvalue weighted by molar-refractivity contribution is 7.17. The Hall–Kier alpha value is -3.72. The summed E-state index contributed by atoms with van der Waals surface area (Å²) in [4.78, 5) is 33.2. The van der Waals surface area contributed by atoms with Crippen LogP contribution < -0.4 is 20.5 Å². The van der Waals surface area contributed by atoms with Crippen molar-refractivity contribution in [1.29, 1.82) is 0 Å². The molecule has 1 fully saturated rings. The molecule has 0 spiro atoms. The highest BCUT2D eigenvalue weighted by Crippen LogP contribution is 2.27. The summed E-state index contributed by atoms with van der Waals surface area (Å²) < 4.78 is 20.8. The Morgan fingerprint density at radius 1 is 1.17 bits per heavy atom. The van der Waals surface area contributed by atoms with Gasteiger partial charge in [-0.05, 0) is 66.2 Å². The lowest BCUT2D eigenvalue weighted by atomic mass is 9.97. The van der Waals surface area contributed by atoms with Gasteiger partial charge in [0, 0.05) is 19.6 Å². The molecule has 180 valence electrons. The van der Waals surface area contributed by atoms with Crippen LogP contribution in [0.15, 0.2) is 64.8 Å². The molecule has 1 atom stereocenters. The van der Waals surface area contributed by atoms with E-state index < -0.39 is 0 Å². The number of nitrogens with zero attached hydrogens (tertiary/aromatic N) is 3. The van der Waals surface area contributed by atoms with Gasteiger partial charge >= 0.3 is 0 Å². The lowest BCUT2D eigenvalue weighted by Gasteiger charge is -2.34. The van der Waals surface area contributed by atoms with E-state index >= 15 is 0 Å². The number of thiophene rings is 1. The van der Waals surface area contributed by atoms with Gasteiger partial charge in [-0.15, -0.1) is 11.3 Å². The predicted octanol–water partition coefficient (Wildman–Crippen LogP) is 4.13. The third-order valence-electron chi connectivity index (χ3n) is 6.25. The first kappa shape index (κ1) is 23.0. The Morgan fingerprint density at radius 3 is 2.69 bits per heavy atom. The molecule has 2 aromatic heterocycles. The van der Waals surface area contributed by atoms with Crippen molar-refractivity contribution in [3.63, 3.8) is 0 Å². The van der Waals surface area contributed by atoms with Crippen molar-refractivity contribution in [2.75, 3.05) is 25.1 Å². The van der Waals surface area contributed by atoms with Crippen molar-refractivity contribution in [3.05, 3.63) is 81.7 Å². The fraction of sp³-hybridized carbons (Fsp3) is 0.269. The molecule has 1 amide bonds. The molecular formula is C26H25FN4O3S. The van der Waals surface area contributed by atoms with E-state index in [-0.39, 0.29) is 23.2 Å². The third-order valence-corrected chi connectivity index (χ3v) is 7.14. The van der Waals surface area contributed by atoms with Crippen LogP contribution in [0, 0.1) is 11.7 Å². The minimum Gasteiger partial charge on any atom is -0.497 e. The molecule has 1 saturated heterocycles. The minimum absolute atomic E-state index is 0.0298. The number of hydrogen-bond acceptors (Lipinski definition) is 6. The fourth-order valence-electron chi connectivity index (χ4n) is 4.39. The van der Waals surface area contributed by atoms with Gasteiger partial charge < -0.3 is 15.0 Å². The Morgan fingerprint density at radius 2 is 1.94 bits per heavy atom. The van der Waals surface area contributed by atoms with Gasteiger partial charge in [-0.2, -0.15) is 0 Å². The summed E-state index contributed by atoms with van der Waals surface area (Å²) in [6.45, 7) is 1.54. The first-order valence-electron chi connectivity index (χ1n) is 11.5. The third kappa shape index (κ3) is 4.77. The number of hydrogen-bond donors (Lipinski definition) is 1.